The maximum absolute atomic E-state index is 13.1. The molecule has 1 rings (SSSR count). The molecular weight excluding hydrogens is 220 g/mol. The van der Waals surface area contributed by atoms with E-state index in [4.69, 9.17) is 10.5 Å². The van der Waals surface area contributed by atoms with Crippen LogP contribution in [0.3, 0.4) is 0 Å². The van der Waals surface area contributed by atoms with E-state index in [9.17, 15) is 8.78 Å². The number of halogens is 2. The number of hydrogen-bond donors (Lipinski definition) is 1. The lowest BCUT2D eigenvalue weighted by atomic mass is 10.2. The summed E-state index contributed by atoms with van der Waals surface area (Å²) in [6.45, 7) is 1.71. The van der Waals surface area contributed by atoms with Crippen molar-refractivity contribution in [2.45, 2.75) is 19.4 Å². The van der Waals surface area contributed by atoms with Crippen molar-refractivity contribution in [1.29, 1.82) is 0 Å². The second-order valence-electron chi connectivity index (χ2n) is 3.17. The molecule has 0 aliphatic carbocycles. The van der Waals surface area contributed by atoms with Crippen molar-refractivity contribution in [3.63, 3.8) is 0 Å². The summed E-state index contributed by atoms with van der Waals surface area (Å²) in [6.07, 6.45) is 0.0223. The standard InChI is InChI=1S/C10H11F2NOS/c1-6(4-10(13)15)14-9-3-2-7(11)5-8(9)12/h2-3,5-6H,4H2,1H3,(H2,13,15). The Balaban J connectivity index is 2.68. The highest BCUT2D eigenvalue weighted by molar-refractivity contribution is 7.80. The Bertz CT molecular complexity index is 370. The fourth-order valence-electron chi connectivity index (χ4n) is 1.11. The van der Waals surface area contributed by atoms with E-state index >= 15 is 0 Å². The Morgan fingerprint density at radius 1 is 1.53 bits per heavy atom. The molecule has 0 aliphatic rings. The Morgan fingerprint density at radius 2 is 2.20 bits per heavy atom. The molecule has 0 amide bonds. The molecule has 0 radical (unpaired) electrons. The minimum absolute atomic E-state index is 0.000139. The second-order valence-corrected chi connectivity index (χ2v) is 3.70. The van der Waals surface area contributed by atoms with Crippen molar-refractivity contribution >= 4 is 17.2 Å². The number of benzene rings is 1. The molecule has 2 N–H and O–H groups in total. The van der Waals surface area contributed by atoms with Crippen LogP contribution in [-0.2, 0) is 0 Å². The molecule has 0 spiro atoms. The smallest absolute Gasteiger partial charge is 0.167 e. The summed E-state index contributed by atoms with van der Waals surface area (Å²) in [5.74, 6) is -1.37. The van der Waals surface area contributed by atoms with Gasteiger partial charge in [-0.15, -0.1) is 0 Å². The van der Waals surface area contributed by atoms with Crippen LogP contribution in [0.25, 0.3) is 0 Å². The largest absolute Gasteiger partial charge is 0.487 e. The zero-order valence-electron chi connectivity index (χ0n) is 8.17. The van der Waals surface area contributed by atoms with E-state index < -0.39 is 11.6 Å². The first kappa shape index (κ1) is 11.8. The molecule has 0 fully saturated rings. The fourth-order valence-corrected chi connectivity index (χ4v) is 1.35. The topological polar surface area (TPSA) is 35.2 Å². The van der Waals surface area contributed by atoms with Crippen molar-refractivity contribution in [2.24, 2.45) is 5.73 Å². The van der Waals surface area contributed by atoms with Gasteiger partial charge in [0, 0.05) is 12.5 Å². The Labute approximate surface area is 92.0 Å². The molecule has 0 aliphatic heterocycles. The number of thiocarbonyl (C=S) groups is 1. The molecule has 82 valence electrons. The van der Waals surface area contributed by atoms with Crippen LogP contribution in [0.1, 0.15) is 13.3 Å². The molecule has 15 heavy (non-hydrogen) atoms. The number of rotatable bonds is 4. The first-order valence-electron chi connectivity index (χ1n) is 4.39. The Kier molecular flexibility index (Phi) is 3.96. The van der Waals surface area contributed by atoms with Gasteiger partial charge in [0.25, 0.3) is 0 Å². The summed E-state index contributed by atoms with van der Waals surface area (Å²) in [4.78, 5) is 0.296. The molecule has 0 saturated carbocycles. The summed E-state index contributed by atoms with van der Waals surface area (Å²) in [5.41, 5.74) is 5.31. The first-order chi connectivity index (χ1) is 6.99. The number of hydrogen-bond acceptors (Lipinski definition) is 2. The van der Waals surface area contributed by atoms with E-state index in [1.165, 1.54) is 6.07 Å². The number of ether oxygens (including phenoxy) is 1. The fraction of sp³-hybridized carbons (Fsp3) is 0.300. The Morgan fingerprint density at radius 3 is 2.73 bits per heavy atom. The zero-order chi connectivity index (χ0) is 11.4. The predicted molar refractivity (Wildman–Crippen MR) is 57.9 cm³/mol. The first-order valence-corrected chi connectivity index (χ1v) is 4.80. The molecule has 2 nitrogen and oxygen atoms in total. The third-order valence-corrected chi connectivity index (χ3v) is 1.88. The van der Waals surface area contributed by atoms with Crippen molar-refractivity contribution in [3.8, 4) is 5.75 Å². The van der Waals surface area contributed by atoms with E-state index in [0.717, 1.165) is 12.1 Å². The molecule has 5 heteroatoms. The van der Waals surface area contributed by atoms with Crippen LogP contribution in [0.4, 0.5) is 8.78 Å². The van der Waals surface area contributed by atoms with Gasteiger partial charge in [0.05, 0.1) is 4.99 Å². The van der Waals surface area contributed by atoms with Gasteiger partial charge >= 0.3 is 0 Å². The van der Waals surface area contributed by atoms with E-state index in [2.05, 4.69) is 12.2 Å². The average molecular weight is 231 g/mol. The highest BCUT2D eigenvalue weighted by Gasteiger charge is 2.10. The minimum Gasteiger partial charge on any atom is -0.487 e. The lowest BCUT2D eigenvalue weighted by molar-refractivity contribution is 0.219. The van der Waals surface area contributed by atoms with Crippen LogP contribution in [-0.4, -0.2) is 11.1 Å². The molecule has 0 saturated heterocycles. The quantitative estimate of drug-likeness (QED) is 0.808. The lowest BCUT2D eigenvalue weighted by Gasteiger charge is -2.14. The maximum atomic E-state index is 13.1. The average Bonchev–Trinajstić information content (AvgIpc) is 2.08. The van der Waals surface area contributed by atoms with Gasteiger partial charge in [-0.05, 0) is 19.1 Å². The predicted octanol–water partition coefficient (Wildman–Crippen LogP) is 2.41. The summed E-state index contributed by atoms with van der Waals surface area (Å²) in [7, 11) is 0. The summed E-state index contributed by atoms with van der Waals surface area (Å²) in [5, 5.41) is 0. The van der Waals surface area contributed by atoms with Crippen molar-refractivity contribution in [2.75, 3.05) is 0 Å². The van der Waals surface area contributed by atoms with Crippen molar-refractivity contribution in [1.82, 2.24) is 0 Å². The van der Waals surface area contributed by atoms with Crippen LogP contribution >= 0.6 is 12.2 Å². The van der Waals surface area contributed by atoms with Gasteiger partial charge in [-0.25, -0.2) is 8.78 Å². The van der Waals surface area contributed by atoms with E-state index in [-0.39, 0.29) is 11.9 Å². The van der Waals surface area contributed by atoms with Crippen LogP contribution in [0, 0.1) is 11.6 Å². The van der Waals surface area contributed by atoms with Crippen LogP contribution in [0.5, 0.6) is 5.75 Å². The third kappa shape index (κ3) is 3.79. The zero-order valence-corrected chi connectivity index (χ0v) is 8.98. The second kappa shape index (κ2) is 5.02. The van der Waals surface area contributed by atoms with Gasteiger partial charge in [0.2, 0.25) is 0 Å². The third-order valence-electron chi connectivity index (χ3n) is 1.71. The summed E-state index contributed by atoms with van der Waals surface area (Å²) in [6, 6.07) is 3.13. The molecule has 0 bridgehead atoms. The Hall–Kier alpha value is -1.23. The van der Waals surface area contributed by atoms with Gasteiger partial charge < -0.3 is 10.5 Å². The molecular formula is C10H11F2NOS. The van der Waals surface area contributed by atoms with Gasteiger partial charge in [-0.1, -0.05) is 12.2 Å². The van der Waals surface area contributed by atoms with Crippen molar-refractivity contribution < 1.29 is 13.5 Å². The van der Waals surface area contributed by atoms with E-state index in [1.54, 1.807) is 6.92 Å². The van der Waals surface area contributed by atoms with E-state index in [1.807, 2.05) is 0 Å². The molecule has 1 atom stereocenters. The van der Waals surface area contributed by atoms with Crippen LogP contribution in [0.15, 0.2) is 18.2 Å². The molecule has 0 aromatic heterocycles. The highest BCUT2D eigenvalue weighted by Crippen LogP contribution is 2.19. The summed E-state index contributed by atoms with van der Waals surface area (Å²) >= 11 is 4.69. The molecule has 1 aromatic carbocycles. The summed E-state index contributed by atoms with van der Waals surface area (Å²) < 4.78 is 30.9. The number of nitrogens with two attached hydrogens (primary N) is 1. The maximum Gasteiger partial charge on any atom is 0.167 e. The van der Waals surface area contributed by atoms with Crippen molar-refractivity contribution in [3.05, 3.63) is 29.8 Å². The van der Waals surface area contributed by atoms with E-state index in [0.29, 0.717) is 11.4 Å². The van der Waals surface area contributed by atoms with Crippen LogP contribution < -0.4 is 10.5 Å². The highest BCUT2D eigenvalue weighted by atomic mass is 32.1. The minimum atomic E-state index is -0.732. The molecule has 0 heterocycles. The SMILES string of the molecule is CC(CC(N)=S)Oc1ccc(F)cc1F. The molecule has 1 aromatic rings. The van der Waals surface area contributed by atoms with Gasteiger partial charge in [0.15, 0.2) is 11.6 Å². The van der Waals surface area contributed by atoms with Gasteiger partial charge in [-0.2, -0.15) is 0 Å². The van der Waals surface area contributed by atoms with Crippen LogP contribution in [0.2, 0.25) is 0 Å². The lowest BCUT2D eigenvalue weighted by Crippen LogP contribution is -2.21. The van der Waals surface area contributed by atoms with Gasteiger partial charge in [-0.3, -0.25) is 0 Å². The van der Waals surface area contributed by atoms with Gasteiger partial charge in [0.1, 0.15) is 11.9 Å². The molecule has 1 unspecified atom stereocenters. The monoisotopic (exact) mass is 231 g/mol. The normalized spacial score (nSPS) is 12.2.